The number of benzene rings is 1. The molecule has 6 heteroatoms. The predicted octanol–water partition coefficient (Wildman–Crippen LogP) is 2.01. The summed E-state index contributed by atoms with van der Waals surface area (Å²) >= 11 is 4.05. The maximum Gasteiger partial charge on any atom is 0.119 e. The molecule has 0 aliphatic carbocycles. The van der Waals surface area contributed by atoms with Crippen molar-refractivity contribution in [3.8, 4) is 17.6 Å². The Kier molecular flexibility index (Phi) is 14.2. The lowest BCUT2D eigenvalue weighted by atomic mass is 10.2. The highest BCUT2D eigenvalue weighted by Gasteiger charge is 1.95. The lowest BCUT2D eigenvalue weighted by molar-refractivity contribution is 0.00989. The van der Waals surface area contributed by atoms with E-state index >= 15 is 0 Å². The molecule has 0 amide bonds. The van der Waals surface area contributed by atoms with Gasteiger partial charge in [-0.15, -0.1) is 0 Å². The van der Waals surface area contributed by atoms with Crippen molar-refractivity contribution >= 4 is 12.6 Å². The smallest absolute Gasteiger partial charge is 0.119 e. The highest BCUT2D eigenvalue weighted by atomic mass is 32.1. The molecule has 0 aliphatic heterocycles. The number of likely N-dealkylation sites (N-methyl/N-ethyl adjacent to an activating group) is 1. The molecule has 0 aliphatic rings. The Labute approximate surface area is 156 Å². The van der Waals surface area contributed by atoms with Crippen molar-refractivity contribution in [2.24, 2.45) is 0 Å². The Morgan fingerprint density at radius 1 is 0.880 bits per heavy atom. The summed E-state index contributed by atoms with van der Waals surface area (Å²) in [4.78, 5) is 0. The molecule has 0 aromatic heterocycles. The van der Waals surface area contributed by atoms with Crippen molar-refractivity contribution < 1.29 is 18.9 Å². The summed E-state index contributed by atoms with van der Waals surface area (Å²) in [5, 5.41) is 3.20. The van der Waals surface area contributed by atoms with Crippen molar-refractivity contribution in [1.82, 2.24) is 5.32 Å². The fourth-order valence-corrected chi connectivity index (χ4v) is 1.94. The number of thiol groups is 1. The lowest BCUT2D eigenvalue weighted by Gasteiger charge is -2.08. The van der Waals surface area contributed by atoms with Crippen LogP contribution >= 0.6 is 12.6 Å². The average Bonchev–Trinajstić information content (AvgIpc) is 2.65. The van der Waals surface area contributed by atoms with Crippen LogP contribution in [0.2, 0.25) is 0 Å². The molecule has 140 valence electrons. The quantitative estimate of drug-likeness (QED) is 0.299. The van der Waals surface area contributed by atoms with Crippen LogP contribution in [0.1, 0.15) is 12.5 Å². The molecule has 0 saturated carbocycles. The largest absolute Gasteiger partial charge is 0.491 e. The van der Waals surface area contributed by atoms with Gasteiger partial charge in [-0.05, 0) is 30.8 Å². The van der Waals surface area contributed by atoms with Gasteiger partial charge in [0.15, 0.2) is 0 Å². The van der Waals surface area contributed by atoms with Gasteiger partial charge in [0.2, 0.25) is 0 Å². The maximum absolute atomic E-state index is 5.60. The lowest BCUT2D eigenvalue weighted by Crippen LogP contribution is -2.20. The second kappa shape index (κ2) is 16.2. The first-order valence-electron chi connectivity index (χ1n) is 8.63. The van der Waals surface area contributed by atoms with Gasteiger partial charge in [-0.1, -0.05) is 18.8 Å². The Morgan fingerprint density at radius 3 is 2.08 bits per heavy atom. The fraction of sp³-hybridized carbons (Fsp3) is 0.579. The third-order valence-electron chi connectivity index (χ3n) is 3.08. The molecule has 0 fully saturated rings. The predicted molar refractivity (Wildman–Crippen MR) is 104 cm³/mol. The minimum atomic E-state index is 0.509. The SMILES string of the molecule is CCNCCOCCOCCOCCOc1ccc(C#CCS)cc1. The number of hydrogen-bond donors (Lipinski definition) is 2. The monoisotopic (exact) mass is 367 g/mol. The number of hydrogen-bond acceptors (Lipinski definition) is 6. The zero-order valence-corrected chi connectivity index (χ0v) is 15.9. The van der Waals surface area contributed by atoms with E-state index in [1.165, 1.54) is 0 Å². The Hall–Kier alpha value is -1.23. The van der Waals surface area contributed by atoms with E-state index in [4.69, 9.17) is 18.9 Å². The molecular formula is C19H29NO4S. The molecule has 0 heterocycles. The van der Waals surface area contributed by atoms with Crippen molar-refractivity contribution in [3.05, 3.63) is 29.8 Å². The summed E-state index contributed by atoms with van der Waals surface area (Å²) < 4.78 is 21.9. The van der Waals surface area contributed by atoms with E-state index in [0.29, 0.717) is 52.0 Å². The van der Waals surface area contributed by atoms with Crippen LogP contribution in [-0.2, 0) is 14.2 Å². The maximum atomic E-state index is 5.60. The normalized spacial score (nSPS) is 10.3. The Bertz CT molecular complexity index is 484. The molecule has 25 heavy (non-hydrogen) atoms. The van der Waals surface area contributed by atoms with Crippen LogP contribution in [0.5, 0.6) is 5.75 Å². The molecule has 0 bridgehead atoms. The van der Waals surface area contributed by atoms with Gasteiger partial charge in [-0.2, -0.15) is 12.6 Å². The molecule has 0 radical (unpaired) electrons. The zero-order valence-electron chi connectivity index (χ0n) is 15.0. The third kappa shape index (κ3) is 12.7. The van der Waals surface area contributed by atoms with Gasteiger partial charge in [0.1, 0.15) is 12.4 Å². The molecule has 1 rings (SSSR count). The number of nitrogens with one attached hydrogen (secondary N) is 1. The van der Waals surface area contributed by atoms with Crippen LogP contribution < -0.4 is 10.1 Å². The van der Waals surface area contributed by atoms with E-state index in [-0.39, 0.29) is 0 Å². The van der Waals surface area contributed by atoms with Gasteiger partial charge in [0.25, 0.3) is 0 Å². The highest BCUT2D eigenvalue weighted by molar-refractivity contribution is 7.80. The molecule has 1 aromatic rings. The molecule has 1 aromatic carbocycles. The summed E-state index contributed by atoms with van der Waals surface area (Å²) in [7, 11) is 0. The molecule has 0 unspecified atom stereocenters. The minimum absolute atomic E-state index is 0.509. The summed E-state index contributed by atoms with van der Waals surface area (Å²) in [6.45, 7) is 8.01. The van der Waals surface area contributed by atoms with E-state index in [2.05, 4.69) is 36.7 Å². The number of ether oxygens (including phenoxy) is 4. The summed E-state index contributed by atoms with van der Waals surface area (Å²) in [6.07, 6.45) is 0. The molecule has 1 N–H and O–H groups in total. The van der Waals surface area contributed by atoms with Crippen molar-refractivity contribution in [1.29, 1.82) is 0 Å². The minimum Gasteiger partial charge on any atom is -0.491 e. The second-order valence-electron chi connectivity index (χ2n) is 5.02. The van der Waals surface area contributed by atoms with Gasteiger partial charge in [0.05, 0.1) is 45.4 Å². The van der Waals surface area contributed by atoms with Crippen LogP contribution in [0, 0.1) is 11.8 Å². The first kappa shape index (κ1) is 21.8. The standard InChI is InChI=1S/C19H29NO4S/c1-2-20-9-10-21-11-12-22-13-14-23-15-16-24-19-7-5-18(6-8-19)4-3-17-25/h5-8,20,25H,2,9-17H2,1H3. The van der Waals surface area contributed by atoms with Gasteiger partial charge < -0.3 is 24.3 Å². The van der Waals surface area contributed by atoms with Gasteiger partial charge in [-0.3, -0.25) is 0 Å². The van der Waals surface area contributed by atoms with Crippen LogP contribution in [0.15, 0.2) is 24.3 Å². The van der Waals surface area contributed by atoms with Gasteiger partial charge in [-0.25, -0.2) is 0 Å². The van der Waals surface area contributed by atoms with Crippen molar-refractivity contribution in [2.45, 2.75) is 6.92 Å². The number of rotatable bonds is 14. The highest BCUT2D eigenvalue weighted by Crippen LogP contribution is 2.11. The van der Waals surface area contributed by atoms with E-state index in [9.17, 15) is 0 Å². The first-order chi connectivity index (χ1) is 12.4. The van der Waals surface area contributed by atoms with E-state index in [1.807, 2.05) is 24.3 Å². The molecular weight excluding hydrogens is 338 g/mol. The molecule has 0 atom stereocenters. The van der Waals surface area contributed by atoms with Gasteiger partial charge >= 0.3 is 0 Å². The summed E-state index contributed by atoms with van der Waals surface area (Å²) in [5.74, 6) is 7.29. The van der Waals surface area contributed by atoms with E-state index < -0.39 is 0 Å². The Morgan fingerprint density at radius 2 is 1.48 bits per heavy atom. The van der Waals surface area contributed by atoms with Gasteiger partial charge in [0, 0.05) is 12.1 Å². The van der Waals surface area contributed by atoms with Crippen molar-refractivity contribution in [3.63, 3.8) is 0 Å². The molecule has 5 nitrogen and oxygen atoms in total. The third-order valence-corrected chi connectivity index (χ3v) is 3.24. The van der Waals surface area contributed by atoms with E-state index in [0.717, 1.165) is 24.4 Å². The summed E-state index contributed by atoms with van der Waals surface area (Å²) in [5.41, 5.74) is 0.959. The van der Waals surface area contributed by atoms with Crippen molar-refractivity contribution in [2.75, 3.05) is 65.1 Å². The first-order valence-corrected chi connectivity index (χ1v) is 9.26. The average molecular weight is 368 g/mol. The topological polar surface area (TPSA) is 49.0 Å². The fourth-order valence-electron chi connectivity index (χ4n) is 1.86. The molecule has 0 spiro atoms. The van der Waals surface area contributed by atoms with Crippen LogP contribution in [-0.4, -0.2) is 65.1 Å². The van der Waals surface area contributed by atoms with Crippen LogP contribution in [0.25, 0.3) is 0 Å². The Balaban J connectivity index is 1.90. The molecule has 0 saturated heterocycles. The zero-order chi connectivity index (χ0) is 18.0. The summed E-state index contributed by atoms with van der Waals surface area (Å²) in [6, 6.07) is 7.67. The van der Waals surface area contributed by atoms with Crippen LogP contribution in [0.4, 0.5) is 0 Å². The van der Waals surface area contributed by atoms with E-state index in [1.54, 1.807) is 0 Å². The van der Waals surface area contributed by atoms with Crippen LogP contribution in [0.3, 0.4) is 0 Å². The second-order valence-corrected chi connectivity index (χ2v) is 5.34.